The number of rotatable bonds is 4. The fraction of sp³-hybridized carbons (Fsp3) is 0.474. The van der Waals surface area contributed by atoms with Crippen LogP contribution in [-0.2, 0) is 11.3 Å². The summed E-state index contributed by atoms with van der Waals surface area (Å²) in [6, 6.07) is 4.84. The number of carbonyl (C=O) groups is 1. The zero-order chi connectivity index (χ0) is 23.3. The maximum Gasteiger partial charge on any atom is 0.490 e. The Morgan fingerprint density at radius 1 is 1.29 bits per heavy atom. The van der Waals surface area contributed by atoms with Crippen LogP contribution in [0.25, 0.3) is 0 Å². The number of aromatic hydroxyl groups is 1. The third-order valence-corrected chi connectivity index (χ3v) is 5.60. The van der Waals surface area contributed by atoms with E-state index in [1.165, 1.54) is 6.07 Å². The van der Waals surface area contributed by atoms with Crippen LogP contribution >= 0.6 is 23.2 Å². The Kier molecular flexibility index (Phi) is 8.58. The molecule has 31 heavy (non-hydrogen) atoms. The first-order chi connectivity index (χ1) is 14.4. The second-order valence-corrected chi connectivity index (χ2v) is 8.01. The van der Waals surface area contributed by atoms with E-state index in [2.05, 4.69) is 10.1 Å². The van der Waals surface area contributed by atoms with E-state index in [1.54, 1.807) is 6.07 Å². The lowest BCUT2D eigenvalue weighted by Crippen LogP contribution is -2.37. The fourth-order valence-electron chi connectivity index (χ4n) is 3.26. The predicted molar refractivity (Wildman–Crippen MR) is 108 cm³/mol. The van der Waals surface area contributed by atoms with Crippen molar-refractivity contribution in [3.05, 3.63) is 45.3 Å². The Labute approximate surface area is 186 Å². The minimum absolute atomic E-state index is 0.109. The number of halogens is 5. The van der Waals surface area contributed by atoms with Crippen LogP contribution in [0.3, 0.4) is 0 Å². The van der Waals surface area contributed by atoms with E-state index in [0.717, 1.165) is 43.9 Å². The van der Waals surface area contributed by atoms with Gasteiger partial charge in [0.2, 0.25) is 0 Å². The second kappa shape index (κ2) is 10.5. The minimum atomic E-state index is -5.08. The number of nitrogens with zero attached hydrogens (tertiary/aromatic N) is 2. The van der Waals surface area contributed by atoms with E-state index in [4.69, 9.17) is 43.4 Å². The molecular weight excluding hydrogens is 462 g/mol. The van der Waals surface area contributed by atoms with Gasteiger partial charge in [-0.1, -0.05) is 28.4 Å². The first kappa shape index (κ1) is 25.3. The van der Waals surface area contributed by atoms with Gasteiger partial charge in [0.05, 0.1) is 15.7 Å². The van der Waals surface area contributed by atoms with Crippen LogP contribution in [0.1, 0.15) is 35.9 Å². The first-order valence-corrected chi connectivity index (χ1v) is 10.0. The highest BCUT2D eigenvalue weighted by molar-refractivity contribution is 6.42. The number of aryl methyl sites for hydroxylation is 1. The van der Waals surface area contributed by atoms with Gasteiger partial charge >= 0.3 is 12.1 Å². The second-order valence-electron chi connectivity index (χ2n) is 7.20. The van der Waals surface area contributed by atoms with Crippen LogP contribution in [-0.4, -0.2) is 45.5 Å². The third-order valence-electron chi connectivity index (χ3n) is 4.87. The Morgan fingerprint density at radius 3 is 2.32 bits per heavy atom. The number of piperidine rings is 1. The quantitative estimate of drug-likeness (QED) is 0.584. The van der Waals surface area contributed by atoms with Crippen molar-refractivity contribution in [2.75, 3.05) is 13.1 Å². The monoisotopic (exact) mass is 483 g/mol. The van der Waals surface area contributed by atoms with Crippen molar-refractivity contribution in [2.24, 2.45) is 11.7 Å². The molecule has 1 aliphatic heterocycles. The van der Waals surface area contributed by atoms with Gasteiger partial charge in [-0.05, 0) is 44.8 Å². The van der Waals surface area contributed by atoms with Crippen molar-refractivity contribution >= 4 is 29.2 Å². The highest BCUT2D eigenvalue weighted by Crippen LogP contribution is 2.37. The molecule has 0 aliphatic carbocycles. The van der Waals surface area contributed by atoms with Crippen molar-refractivity contribution in [3.8, 4) is 5.75 Å². The standard InChI is InChI=1S/C17H21Cl2N3O2.C2HF3O2/c1-10-6-12(21-24-10)9-22-4-2-11(3-5-22)17(20)13-7-14(18)15(19)8-16(13)23;3-2(4,5)1(6)7/h6-8,11,17,23H,2-5,9,20H2,1H3;(H,6,7). The molecule has 3 rings (SSSR count). The number of alkyl halides is 3. The Morgan fingerprint density at radius 2 is 1.84 bits per heavy atom. The molecule has 1 aromatic heterocycles. The van der Waals surface area contributed by atoms with E-state index in [-0.39, 0.29) is 11.8 Å². The van der Waals surface area contributed by atoms with Gasteiger partial charge in [0.15, 0.2) is 0 Å². The molecule has 1 aromatic carbocycles. The van der Waals surface area contributed by atoms with Crippen molar-refractivity contribution in [1.82, 2.24) is 10.1 Å². The van der Waals surface area contributed by atoms with Crippen LogP contribution in [0.15, 0.2) is 22.7 Å². The molecule has 4 N–H and O–H groups in total. The molecule has 12 heteroatoms. The topological polar surface area (TPSA) is 113 Å². The maximum absolute atomic E-state index is 10.6. The Hall–Kier alpha value is -2.01. The van der Waals surface area contributed by atoms with Gasteiger partial charge in [0, 0.05) is 30.3 Å². The molecule has 0 bridgehead atoms. The Balaban J connectivity index is 0.000000423. The number of hydrogen-bond acceptors (Lipinski definition) is 6. The molecule has 1 atom stereocenters. The van der Waals surface area contributed by atoms with Crippen molar-refractivity contribution < 1.29 is 32.7 Å². The number of aliphatic carboxylic acids is 1. The maximum atomic E-state index is 10.6. The van der Waals surface area contributed by atoms with E-state index in [1.807, 2.05) is 13.0 Å². The molecule has 1 saturated heterocycles. The fourth-order valence-corrected chi connectivity index (χ4v) is 3.59. The largest absolute Gasteiger partial charge is 0.508 e. The molecule has 2 heterocycles. The number of benzene rings is 1. The summed E-state index contributed by atoms with van der Waals surface area (Å²) in [6.45, 7) is 4.56. The van der Waals surface area contributed by atoms with Crippen molar-refractivity contribution in [2.45, 2.75) is 38.5 Å². The van der Waals surface area contributed by atoms with Crippen LogP contribution in [0.4, 0.5) is 13.2 Å². The molecule has 172 valence electrons. The highest BCUT2D eigenvalue weighted by Gasteiger charge is 2.38. The average molecular weight is 484 g/mol. The summed E-state index contributed by atoms with van der Waals surface area (Å²) in [5, 5.41) is 22.0. The molecular formula is C19H22Cl2F3N3O4. The normalized spacial score (nSPS) is 16.5. The van der Waals surface area contributed by atoms with E-state index in [0.29, 0.717) is 21.5 Å². The predicted octanol–water partition coefficient (Wildman–Crippen LogP) is 4.54. The lowest BCUT2D eigenvalue weighted by Gasteiger charge is -2.34. The highest BCUT2D eigenvalue weighted by atomic mass is 35.5. The summed E-state index contributed by atoms with van der Waals surface area (Å²) in [4.78, 5) is 11.2. The van der Waals surface area contributed by atoms with Gasteiger partial charge in [-0.3, -0.25) is 4.90 Å². The molecule has 0 saturated carbocycles. The summed E-state index contributed by atoms with van der Waals surface area (Å²) < 4.78 is 36.8. The number of phenols is 1. The molecule has 0 radical (unpaired) electrons. The van der Waals surface area contributed by atoms with E-state index < -0.39 is 12.1 Å². The number of likely N-dealkylation sites (tertiary alicyclic amines) is 1. The Bertz CT molecular complexity index is 900. The average Bonchev–Trinajstić information content (AvgIpc) is 3.09. The molecule has 7 nitrogen and oxygen atoms in total. The molecule has 0 amide bonds. The van der Waals surface area contributed by atoms with Gasteiger partial charge in [-0.25, -0.2) is 4.79 Å². The lowest BCUT2D eigenvalue weighted by atomic mass is 9.85. The van der Waals surface area contributed by atoms with E-state index >= 15 is 0 Å². The van der Waals surface area contributed by atoms with E-state index in [9.17, 15) is 18.3 Å². The van der Waals surface area contributed by atoms with Crippen LogP contribution in [0, 0.1) is 12.8 Å². The van der Waals surface area contributed by atoms with Crippen molar-refractivity contribution in [3.63, 3.8) is 0 Å². The summed E-state index contributed by atoms with van der Waals surface area (Å²) in [6.07, 6.45) is -3.17. The molecule has 1 unspecified atom stereocenters. The zero-order valence-electron chi connectivity index (χ0n) is 16.5. The molecule has 0 spiro atoms. The SMILES string of the molecule is Cc1cc(CN2CCC(C(N)c3cc(Cl)c(Cl)cc3O)CC2)no1.O=C(O)C(F)(F)F. The number of carboxylic acid groups (broad SMARTS) is 1. The van der Waals surface area contributed by atoms with Crippen LogP contribution in [0.5, 0.6) is 5.75 Å². The summed E-state index contributed by atoms with van der Waals surface area (Å²) in [5.74, 6) is -1.52. The van der Waals surface area contributed by atoms with Crippen LogP contribution in [0.2, 0.25) is 10.0 Å². The summed E-state index contributed by atoms with van der Waals surface area (Å²) >= 11 is 12.0. The summed E-state index contributed by atoms with van der Waals surface area (Å²) in [7, 11) is 0. The molecule has 1 aliphatic rings. The van der Waals surface area contributed by atoms with Gasteiger partial charge < -0.3 is 20.5 Å². The van der Waals surface area contributed by atoms with Gasteiger partial charge in [0.1, 0.15) is 11.5 Å². The number of nitrogens with two attached hydrogens (primary N) is 1. The van der Waals surface area contributed by atoms with Crippen LogP contribution < -0.4 is 5.73 Å². The zero-order valence-corrected chi connectivity index (χ0v) is 18.0. The summed E-state index contributed by atoms with van der Waals surface area (Å²) in [5.41, 5.74) is 8.00. The smallest absolute Gasteiger partial charge is 0.490 e. The number of phenolic OH excluding ortho intramolecular Hbond substituents is 1. The van der Waals surface area contributed by atoms with Crippen molar-refractivity contribution in [1.29, 1.82) is 0 Å². The number of aromatic nitrogens is 1. The van der Waals surface area contributed by atoms with Gasteiger partial charge in [-0.2, -0.15) is 13.2 Å². The molecule has 1 fully saturated rings. The number of hydrogen-bond donors (Lipinski definition) is 3. The minimum Gasteiger partial charge on any atom is -0.508 e. The van der Waals surface area contributed by atoms with Gasteiger partial charge in [0.25, 0.3) is 0 Å². The third kappa shape index (κ3) is 7.27. The molecule has 2 aromatic rings. The number of carboxylic acids is 1. The lowest BCUT2D eigenvalue weighted by molar-refractivity contribution is -0.192. The van der Waals surface area contributed by atoms with Gasteiger partial charge in [-0.15, -0.1) is 0 Å². The first-order valence-electron chi connectivity index (χ1n) is 9.26.